The van der Waals surface area contributed by atoms with E-state index in [4.69, 9.17) is 21.4 Å². The number of aromatic carboxylic acids is 1. The molecule has 0 unspecified atom stereocenters. The number of hydrogen-bond acceptors (Lipinski definition) is 2. The van der Waals surface area contributed by atoms with E-state index in [9.17, 15) is 9.18 Å². The molecule has 0 fully saturated rings. The Hall–Kier alpha value is -2.07. The van der Waals surface area contributed by atoms with Crippen molar-refractivity contribution >= 4 is 17.6 Å². The van der Waals surface area contributed by atoms with Gasteiger partial charge in [0.05, 0.1) is 5.56 Å². The van der Waals surface area contributed by atoms with Crippen LogP contribution in [0.5, 0.6) is 5.75 Å². The molecule has 3 nitrogen and oxygen atoms in total. The lowest BCUT2D eigenvalue weighted by Gasteiger charge is -2.11. The SMILES string of the molecule is Cc1cc(OCc2ccc(C(=O)O)cc2F)cc(C)c1Cl. The van der Waals surface area contributed by atoms with Crippen LogP contribution in [-0.2, 0) is 6.61 Å². The summed E-state index contributed by atoms with van der Waals surface area (Å²) in [7, 11) is 0. The number of rotatable bonds is 4. The molecule has 0 aliphatic heterocycles. The number of benzene rings is 2. The predicted molar refractivity (Wildman–Crippen MR) is 78.6 cm³/mol. The number of carboxylic acids is 1. The first kappa shape index (κ1) is 15.3. The van der Waals surface area contributed by atoms with Gasteiger partial charge in [-0.15, -0.1) is 0 Å². The molecule has 0 saturated heterocycles. The molecule has 0 spiro atoms. The maximum absolute atomic E-state index is 13.8. The smallest absolute Gasteiger partial charge is 0.335 e. The lowest BCUT2D eigenvalue weighted by Crippen LogP contribution is -2.02. The van der Waals surface area contributed by atoms with Gasteiger partial charge in [-0.2, -0.15) is 0 Å². The van der Waals surface area contributed by atoms with Gasteiger partial charge in [0, 0.05) is 10.6 Å². The quantitative estimate of drug-likeness (QED) is 0.912. The van der Waals surface area contributed by atoms with E-state index in [0.717, 1.165) is 17.2 Å². The molecular weight excluding hydrogens is 295 g/mol. The van der Waals surface area contributed by atoms with E-state index in [1.165, 1.54) is 12.1 Å². The highest BCUT2D eigenvalue weighted by molar-refractivity contribution is 6.32. The number of hydrogen-bond donors (Lipinski definition) is 1. The number of halogens is 2. The van der Waals surface area contributed by atoms with Crippen LogP contribution in [0.25, 0.3) is 0 Å². The normalized spacial score (nSPS) is 10.5. The average molecular weight is 309 g/mol. The van der Waals surface area contributed by atoms with Crippen LogP contribution >= 0.6 is 11.6 Å². The minimum Gasteiger partial charge on any atom is -0.489 e. The van der Waals surface area contributed by atoms with Crippen LogP contribution in [0, 0.1) is 19.7 Å². The summed E-state index contributed by atoms with van der Waals surface area (Å²) in [6.45, 7) is 3.75. The van der Waals surface area contributed by atoms with Crippen molar-refractivity contribution in [3.05, 3.63) is 63.4 Å². The maximum atomic E-state index is 13.8. The fraction of sp³-hybridized carbons (Fsp3) is 0.188. The summed E-state index contributed by atoms with van der Waals surface area (Å²) in [6, 6.07) is 7.30. The van der Waals surface area contributed by atoms with Crippen LogP contribution in [0.2, 0.25) is 5.02 Å². The van der Waals surface area contributed by atoms with Crippen molar-refractivity contribution in [1.82, 2.24) is 0 Å². The van der Waals surface area contributed by atoms with Crippen LogP contribution in [0.1, 0.15) is 27.0 Å². The molecule has 0 aliphatic rings. The molecule has 110 valence electrons. The van der Waals surface area contributed by atoms with Crippen LogP contribution in [0.4, 0.5) is 4.39 Å². The zero-order chi connectivity index (χ0) is 15.6. The summed E-state index contributed by atoms with van der Waals surface area (Å²) in [6.07, 6.45) is 0. The second kappa shape index (κ2) is 6.14. The van der Waals surface area contributed by atoms with Gasteiger partial charge in [-0.1, -0.05) is 17.7 Å². The van der Waals surface area contributed by atoms with Gasteiger partial charge in [-0.25, -0.2) is 9.18 Å². The molecule has 0 amide bonds. The highest BCUT2D eigenvalue weighted by atomic mass is 35.5. The van der Waals surface area contributed by atoms with Crippen molar-refractivity contribution in [2.24, 2.45) is 0 Å². The van der Waals surface area contributed by atoms with Crippen molar-refractivity contribution in [2.75, 3.05) is 0 Å². The van der Waals surface area contributed by atoms with E-state index in [-0.39, 0.29) is 12.2 Å². The van der Waals surface area contributed by atoms with Gasteiger partial charge in [-0.05, 0) is 49.2 Å². The molecule has 0 radical (unpaired) electrons. The lowest BCUT2D eigenvalue weighted by atomic mass is 10.1. The van der Waals surface area contributed by atoms with E-state index in [1.54, 1.807) is 12.1 Å². The fourth-order valence-corrected chi connectivity index (χ4v) is 2.06. The predicted octanol–water partition coefficient (Wildman–Crippen LogP) is 4.37. The summed E-state index contributed by atoms with van der Waals surface area (Å²) in [4.78, 5) is 10.7. The zero-order valence-electron chi connectivity index (χ0n) is 11.6. The number of ether oxygens (including phenoxy) is 1. The molecule has 1 N–H and O–H groups in total. The van der Waals surface area contributed by atoms with Crippen LogP contribution < -0.4 is 4.74 Å². The molecule has 0 aliphatic carbocycles. The molecule has 5 heteroatoms. The summed E-state index contributed by atoms with van der Waals surface area (Å²) < 4.78 is 19.3. The summed E-state index contributed by atoms with van der Waals surface area (Å²) >= 11 is 6.07. The highest BCUT2D eigenvalue weighted by Gasteiger charge is 2.09. The maximum Gasteiger partial charge on any atom is 0.335 e. The molecule has 0 heterocycles. The minimum absolute atomic E-state index is 0.0201. The van der Waals surface area contributed by atoms with Crippen LogP contribution in [0.15, 0.2) is 30.3 Å². The van der Waals surface area contributed by atoms with Crippen LogP contribution in [-0.4, -0.2) is 11.1 Å². The van der Waals surface area contributed by atoms with E-state index in [0.29, 0.717) is 16.3 Å². The molecule has 2 rings (SSSR count). The Balaban J connectivity index is 2.15. The Labute approximate surface area is 126 Å². The lowest BCUT2D eigenvalue weighted by molar-refractivity contribution is 0.0696. The Bertz CT molecular complexity index is 675. The van der Waals surface area contributed by atoms with E-state index in [1.807, 2.05) is 13.8 Å². The van der Waals surface area contributed by atoms with Gasteiger partial charge >= 0.3 is 5.97 Å². The fourth-order valence-electron chi connectivity index (χ4n) is 1.95. The molecule has 2 aromatic carbocycles. The Morgan fingerprint density at radius 2 is 1.86 bits per heavy atom. The molecule has 0 aromatic heterocycles. The van der Waals surface area contributed by atoms with Crippen LogP contribution in [0.3, 0.4) is 0 Å². The first-order valence-corrected chi connectivity index (χ1v) is 6.67. The van der Waals surface area contributed by atoms with E-state index >= 15 is 0 Å². The Kier molecular flexibility index (Phi) is 4.48. The topological polar surface area (TPSA) is 46.5 Å². The number of carbonyl (C=O) groups is 1. The molecule has 0 atom stereocenters. The number of aryl methyl sites for hydroxylation is 2. The minimum atomic E-state index is -1.16. The largest absolute Gasteiger partial charge is 0.489 e. The standard InChI is InChI=1S/C16H14ClFO3/c1-9-5-13(6-10(2)15(9)17)21-8-12-4-3-11(16(19)20)7-14(12)18/h3-7H,8H2,1-2H3,(H,19,20). The van der Waals surface area contributed by atoms with E-state index in [2.05, 4.69) is 0 Å². The van der Waals surface area contributed by atoms with Gasteiger partial charge in [0.1, 0.15) is 18.2 Å². The third kappa shape index (κ3) is 3.52. The molecular formula is C16H14ClFO3. The average Bonchev–Trinajstić information content (AvgIpc) is 2.43. The monoisotopic (exact) mass is 308 g/mol. The van der Waals surface area contributed by atoms with Crippen molar-refractivity contribution in [2.45, 2.75) is 20.5 Å². The third-order valence-electron chi connectivity index (χ3n) is 3.10. The summed E-state index contributed by atoms with van der Waals surface area (Å²) in [5, 5.41) is 9.46. The van der Waals surface area contributed by atoms with Gasteiger partial charge in [-0.3, -0.25) is 0 Å². The zero-order valence-corrected chi connectivity index (χ0v) is 12.4. The molecule has 0 saturated carbocycles. The molecule has 2 aromatic rings. The molecule has 0 bridgehead atoms. The van der Waals surface area contributed by atoms with Crippen molar-refractivity contribution in [3.63, 3.8) is 0 Å². The first-order valence-electron chi connectivity index (χ1n) is 6.29. The van der Waals surface area contributed by atoms with E-state index < -0.39 is 11.8 Å². The van der Waals surface area contributed by atoms with Crippen molar-refractivity contribution < 1.29 is 19.0 Å². The number of carboxylic acid groups (broad SMARTS) is 1. The van der Waals surface area contributed by atoms with Gasteiger partial charge in [0.25, 0.3) is 0 Å². The third-order valence-corrected chi connectivity index (χ3v) is 3.70. The summed E-state index contributed by atoms with van der Waals surface area (Å²) in [5.41, 5.74) is 1.97. The Morgan fingerprint density at radius 3 is 2.38 bits per heavy atom. The first-order chi connectivity index (χ1) is 9.88. The second-order valence-corrected chi connectivity index (χ2v) is 5.15. The highest BCUT2D eigenvalue weighted by Crippen LogP contribution is 2.26. The Morgan fingerprint density at radius 1 is 1.24 bits per heavy atom. The van der Waals surface area contributed by atoms with Crippen molar-refractivity contribution in [3.8, 4) is 5.75 Å². The summed E-state index contributed by atoms with van der Waals surface area (Å²) in [5.74, 6) is -1.17. The van der Waals surface area contributed by atoms with Crippen molar-refractivity contribution in [1.29, 1.82) is 0 Å². The second-order valence-electron chi connectivity index (χ2n) is 4.77. The molecule has 21 heavy (non-hydrogen) atoms. The van der Waals surface area contributed by atoms with Gasteiger partial charge in [0.2, 0.25) is 0 Å². The van der Waals surface area contributed by atoms with Gasteiger partial charge < -0.3 is 9.84 Å². The van der Waals surface area contributed by atoms with Gasteiger partial charge in [0.15, 0.2) is 0 Å².